The lowest BCUT2D eigenvalue weighted by Gasteiger charge is -2.29. The van der Waals surface area contributed by atoms with E-state index in [0.29, 0.717) is 8.81 Å². The van der Waals surface area contributed by atoms with Crippen LogP contribution in [0.2, 0.25) is 5.02 Å². The third-order valence-electron chi connectivity index (χ3n) is 2.83. The Labute approximate surface area is 124 Å². The number of nitrogens with zero attached hydrogens (tertiary/aromatic N) is 1. The zero-order valence-electron chi connectivity index (χ0n) is 9.82. The van der Waals surface area contributed by atoms with Crippen molar-refractivity contribution in [3.63, 3.8) is 0 Å². The second kappa shape index (κ2) is 5.76. The summed E-state index contributed by atoms with van der Waals surface area (Å²) in [6.07, 6.45) is 1.89. The summed E-state index contributed by atoms with van der Waals surface area (Å²) in [5.41, 5.74) is 0. The van der Waals surface area contributed by atoms with Crippen molar-refractivity contribution in [2.24, 2.45) is 0 Å². The Hall–Kier alpha value is 0.340. The Morgan fingerprint density at radius 1 is 1.61 bits per heavy atom. The van der Waals surface area contributed by atoms with Crippen molar-refractivity contribution in [2.75, 3.05) is 20.1 Å². The van der Waals surface area contributed by atoms with Gasteiger partial charge in [0.1, 0.15) is 4.21 Å². The molecule has 1 aromatic heterocycles. The minimum Gasteiger partial charge on any atom is -0.305 e. The highest BCUT2D eigenvalue weighted by Crippen LogP contribution is 2.34. The number of likely N-dealkylation sites (N-methyl/N-ethyl adjacent to an activating group) is 1. The summed E-state index contributed by atoms with van der Waals surface area (Å²) in [6.45, 7) is 1.77. The van der Waals surface area contributed by atoms with E-state index in [1.807, 2.05) is 7.05 Å². The molecule has 8 heteroatoms. The Morgan fingerprint density at radius 3 is 2.89 bits per heavy atom. The number of hydrogen-bond acceptors (Lipinski definition) is 4. The molecule has 2 rings (SSSR count). The van der Waals surface area contributed by atoms with Gasteiger partial charge in [0.05, 0.1) is 8.81 Å². The van der Waals surface area contributed by atoms with E-state index in [1.165, 1.54) is 6.07 Å². The first-order valence-electron chi connectivity index (χ1n) is 5.54. The number of piperidine rings is 1. The van der Waals surface area contributed by atoms with Crippen molar-refractivity contribution in [2.45, 2.75) is 23.1 Å². The van der Waals surface area contributed by atoms with Crippen LogP contribution in [0.5, 0.6) is 0 Å². The minimum absolute atomic E-state index is 0.0200. The molecular weight excluding hydrogens is 360 g/mol. The molecule has 1 N–H and O–H groups in total. The molecule has 0 bridgehead atoms. The molecule has 1 unspecified atom stereocenters. The normalized spacial score (nSPS) is 22.3. The molecular formula is C10H14BrClN2O2S2. The third-order valence-corrected chi connectivity index (χ3v) is 7.30. The largest absolute Gasteiger partial charge is 0.305 e. The van der Waals surface area contributed by atoms with Gasteiger partial charge in [-0.25, -0.2) is 13.1 Å². The molecule has 0 amide bonds. The molecule has 1 aliphatic rings. The maximum absolute atomic E-state index is 12.2. The van der Waals surface area contributed by atoms with Gasteiger partial charge in [-0.2, -0.15) is 0 Å². The van der Waals surface area contributed by atoms with Gasteiger partial charge in [0.25, 0.3) is 0 Å². The maximum atomic E-state index is 12.2. The smallest absolute Gasteiger partial charge is 0.250 e. The van der Waals surface area contributed by atoms with Gasteiger partial charge in [0, 0.05) is 12.6 Å². The summed E-state index contributed by atoms with van der Waals surface area (Å²) in [4.78, 5) is 2.13. The summed E-state index contributed by atoms with van der Waals surface area (Å²) >= 11 is 10.2. The van der Waals surface area contributed by atoms with Gasteiger partial charge < -0.3 is 4.90 Å². The van der Waals surface area contributed by atoms with Gasteiger partial charge in [-0.3, -0.25) is 0 Å². The molecule has 4 nitrogen and oxygen atoms in total. The monoisotopic (exact) mass is 372 g/mol. The molecule has 1 fully saturated rings. The first-order chi connectivity index (χ1) is 8.38. The maximum Gasteiger partial charge on any atom is 0.250 e. The number of sulfonamides is 1. The van der Waals surface area contributed by atoms with E-state index in [0.717, 1.165) is 37.3 Å². The van der Waals surface area contributed by atoms with E-state index in [1.54, 1.807) is 0 Å². The van der Waals surface area contributed by atoms with Gasteiger partial charge in [-0.15, -0.1) is 11.3 Å². The number of halogens is 2. The van der Waals surface area contributed by atoms with Crippen LogP contribution in [-0.2, 0) is 10.0 Å². The van der Waals surface area contributed by atoms with Crippen LogP contribution in [0.15, 0.2) is 14.1 Å². The number of likely N-dealkylation sites (tertiary alicyclic amines) is 1. The van der Waals surface area contributed by atoms with Gasteiger partial charge in [-0.1, -0.05) is 11.6 Å². The van der Waals surface area contributed by atoms with E-state index in [9.17, 15) is 8.42 Å². The van der Waals surface area contributed by atoms with Crippen LogP contribution in [0.4, 0.5) is 0 Å². The minimum atomic E-state index is -3.46. The quantitative estimate of drug-likeness (QED) is 0.886. The van der Waals surface area contributed by atoms with Gasteiger partial charge in [-0.05, 0) is 48.4 Å². The third kappa shape index (κ3) is 3.46. The summed E-state index contributed by atoms with van der Waals surface area (Å²) in [6, 6.07) is 1.46. The van der Waals surface area contributed by atoms with E-state index < -0.39 is 10.0 Å². The van der Waals surface area contributed by atoms with Gasteiger partial charge in [0.2, 0.25) is 10.0 Å². The molecule has 0 saturated carbocycles. The predicted octanol–water partition coefficient (Wildman–Crippen LogP) is 2.54. The van der Waals surface area contributed by atoms with Crippen molar-refractivity contribution < 1.29 is 8.42 Å². The van der Waals surface area contributed by atoms with Crippen LogP contribution in [0.3, 0.4) is 0 Å². The second-order valence-corrected chi connectivity index (χ2v) is 9.13. The standard InChI is InChI=1S/C10H14BrClN2O2S2/c1-14-4-2-3-7(6-14)13-18(15,16)9-5-8(12)10(11)17-9/h5,7,13H,2-4,6H2,1H3. The Morgan fingerprint density at radius 2 is 2.33 bits per heavy atom. The molecule has 1 atom stereocenters. The van der Waals surface area contributed by atoms with Gasteiger partial charge >= 0.3 is 0 Å². The lowest BCUT2D eigenvalue weighted by Crippen LogP contribution is -2.46. The molecule has 1 aromatic rings. The second-order valence-electron chi connectivity index (χ2n) is 4.41. The fraction of sp³-hybridized carbons (Fsp3) is 0.600. The average Bonchev–Trinajstić information content (AvgIpc) is 2.59. The SMILES string of the molecule is CN1CCCC(NS(=O)(=O)c2cc(Cl)c(Br)s2)C1. The molecule has 18 heavy (non-hydrogen) atoms. The molecule has 0 aliphatic carbocycles. The van der Waals surface area contributed by atoms with Crippen LogP contribution >= 0.6 is 38.9 Å². The lowest BCUT2D eigenvalue weighted by molar-refractivity contribution is 0.242. The Bertz CT molecular complexity index is 512. The number of nitrogens with one attached hydrogen (secondary N) is 1. The Balaban J connectivity index is 2.12. The molecule has 0 spiro atoms. The van der Waals surface area contributed by atoms with E-state index in [2.05, 4.69) is 25.6 Å². The summed E-state index contributed by atoms with van der Waals surface area (Å²) in [5.74, 6) is 0. The van der Waals surface area contributed by atoms with Crippen molar-refractivity contribution in [1.82, 2.24) is 9.62 Å². The van der Waals surface area contributed by atoms with Crippen LogP contribution in [0.1, 0.15) is 12.8 Å². The van der Waals surface area contributed by atoms with E-state index in [4.69, 9.17) is 11.6 Å². The highest BCUT2D eigenvalue weighted by atomic mass is 79.9. The molecule has 0 radical (unpaired) electrons. The van der Waals surface area contributed by atoms with E-state index >= 15 is 0 Å². The van der Waals surface area contributed by atoms with Crippen LogP contribution in [-0.4, -0.2) is 39.5 Å². The fourth-order valence-electron chi connectivity index (χ4n) is 2.00. The zero-order valence-corrected chi connectivity index (χ0v) is 13.8. The molecule has 0 aromatic carbocycles. The Kier molecular flexibility index (Phi) is 4.72. The van der Waals surface area contributed by atoms with Crippen molar-refractivity contribution >= 4 is 48.9 Å². The summed E-state index contributed by atoms with van der Waals surface area (Å²) < 4.78 is 28.0. The first-order valence-corrected chi connectivity index (χ1v) is 9.01. The number of thiophene rings is 1. The van der Waals surface area contributed by atoms with Crippen LogP contribution in [0.25, 0.3) is 0 Å². The highest BCUT2D eigenvalue weighted by molar-refractivity contribution is 9.11. The zero-order chi connectivity index (χ0) is 13.3. The van der Waals surface area contributed by atoms with Crippen molar-refractivity contribution in [3.8, 4) is 0 Å². The summed E-state index contributed by atoms with van der Waals surface area (Å²) in [5, 5.41) is 0.432. The topological polar surface area (TPSA) is 49.4 Å². The van der Waals surface area contributed by atoms with Crippen molar-refractivity contribution in [3.05, 3.63) is 14.9 Å². The molecule has 1 aliphatic heterocycles. The molecule has 1 saturated heterocycles. The lowest BCUT2D eigenvalue weighted by atomic mass is 10.1. The van der Waals surface area contributed by atoms with Crippen molar-refractivity contribution in [1.29, 1.82) is 0 Å². The van der Waals surface area contributed by atoms with Gasteiger partial charge in [0.15, 0.2) is 0 Å². The van der Waals surface area contributed by atoms with Crippen LogP contribution in [0, 0.1) is 0 Å². The van der Waals surface area contributed by atoms with E-state index in [-0.39, 0.29) is 10.3 Å². The molecule has 2 heterocycles. The first kappa shape index (κ1) is 14.7. The fourth-order valence-corrected chi connectivity index (χ4v) is 5.68. The predicted molar refractivity (Wildman–Crippen MR) is 77.9 cm³/mol. The van der Waals surface area contributed by atoms with Crippen LogP contribution < -0.4 is 4.72 Å². The summed E-state index contributed by atoms with van der Waals surface area (Å²) in [7, 11) is -1.46. The highest BCUT2D eigenvalue weighted by Gasteiger charge is 2.25. The average molecular weight is 374 g/mol. The molecule has 102 valence electrons. The number of hydrogen-bond donors (Lipinski definition) is 1. The number of rotatable bonds is 3.